The second-order valence-corrected chi connectivity index (χ2v) is 11.5. The Morgan fingerprint density at radius 3 is 2.49 bits per heavy atom. The number of carbonyl (C=O) groups is 1. The number of amides is 1. The zero-order valence-corrected chi connectivity index (χ0v) is 23.8. The zero-order valence-electron chi connectivity index (χ0n) is 21.5. The minimum absolute atomic E-state index is 0.0523. The first-order valence-electron chi connectivity index (χ1n) is 12.7. The molecule has 9 heteroatoms. The van der Waals surface area contributed by atoms with E-state index in [-0.39, 0.29) is 11.9 Å². The Labute approximate surface area is 241 Å². The topological polar surface area (TPSA) is 72.7 Å². The molecule has 0 fully saturated rings. The number of aromatic nitrogens is 4. The van der Waals surface area contributed by atoms with Crippen LogP contribution >= 0.6 is 34.7 Å². The van der Waals surface area contributed by atoms with Crippen LogP contribution < -0.4 is 5.32 Å². The maximum Gasteiger partial charge on any atom is 0.270 e. The summed E-state index contributed by atoms with van der Waals surface area (Å²) in [6.07, 6.45) is 2.43. The molecule has 0 saturated heterocycles. The molecule has 198 valence electrons. The molecule has 1 N–H and O–H groups in total. The maximum absolute atomic E-state index is 12.8. The first-order chi connectivity index (χ1) is 19.0. The number of nitrogens with one attached hydrogen (secondary N) is 1. The minimum Gasteiger partial charge on any atom is -0.348 e. The van der Waals surface area contributed by atoms with Gasteiger partial charge in [-0.25, -0.2) is 4.98 Å². The van der Waals surface area contributed by atoms with Gasteiger partial charge in [0.2, 0.25) is 0 Å². The summed E-state index contributed by atoms with van der Waals surface area (Å²) in [7, 11) is 0. The Bertz CT molecular complexity index is 1520. The molecule has 0 aliphatic heterocycles. The summed E-state index contributed by atoms with van der Waals surface area (Å²) in [5.41, 5.74) is 3.77. The summed E-state index contributed by atoms with van der Waals surface area (Å²) in [5.74, 6) is 1.26. The number of benzene rings is 3. The fourth-order valence-electron chi connectivity index (χ4n) is 4.17. The van der Waals surface area contributed by atoms with Crippen LogP contribution in [0.25, 0.3) is 5.69 Å². The van der Waals surface area contributed by atoms with Gasteiger partial charge in [-0.3, -0.25) is 9.36 Å². The largest absolute Gasteiger partial charge is 0.348 e. The quantitative estimate of drug-likeness (QED) is 0.172. The van der Waals surface area contributed by atoms with Gasteiger partial charge in [0.25, 0.3) is 5.91 Å². The van der Waals surface area contributed by atoms with Gasteiger partial charge >= 0.3 is 0 Å². The van der Waals surface area contributed by atoms with Crippen molar-refractivity contribution in [3.63, 3.8) is 0 Å². The molecule has 0 radical (unpaired) electrons. The Balaban J connectivity index is 1.24. The number of hydrogen-bond acceptors (Lipinski definition) is 6. The lowest BCUT2D eigenvalue weighted by Crippen LogP contribution is -2.33. The molecule has 0 spiro atoms. The van der Waals surface area contributed by atoms with Gasteiger partial charge < -0.3 is 5.32 Å². The van der Waals surface area contributed by atoms with E-state index < -0.39 is 0 Å². The Hall–Kier alpha value is -3.46. The van der Waals surface area contributed by atoms with Gasteiger partial charge in [0.05, 0.1) is 11.4 Å². The number of halogens is 1. The third-order valence-electron chi connectivity index (χ3n) is 6.17. The van der Waals surface area contributed by atoms with Gasteiger partial charge in [0, 0.05) is 22.9 Å². The standard InChI is InChI=1S/C30H28ClN5OS2/c1-21(15-16-22-9-4-2-5-10-22)32-29(37)26-19-38-28(33-26)20-39-30-35-34-27(17-23-11-6-3-7-12-23)36(30)25-14-8-13-24(31)18-25/h2-14,18-19,21H,15-17,20H2,1H3,(H,32,37). The van der Waals surface area contributed by atoms with Crippen molar-refractivity contribution < 1.29 is 4.79 Å². The summed E-state index contributed by atoms with van der Waals surface area (Å²) >= 11 is 9.33. The van der Waals surface area contributed by atoms with Crippen molar-refractivity contribution >= 4 is 40.6 Å². The van der Waals surface area contributed by atoms with E-state index >= 15 is 0 Å². The van der Waals surface area contributed by atoms with E-state index in [4.69, 9.17) is 11.6 Å². The average molecular weight is 574 g/mol. The smallest absolute Gasteiger partial charge is 0.270 e. The normalized spacial score (nSPS) is 11.8. The van der Waals surface area contributed by atoms with Crippen LogP contribution in [0.4, 0.5) is 0 Å². The molecular formula is C30H28ClN5OS2. The summed E-state index contributed by atoms with van der Waals surface area (Å²) in [4.78, 5) is 17.4. The van der Waals surface area contributed by atoms with Gasteiger partial charge in [0.15, 0.2) is 5.16 Å². The van der Waals surface area contributed by atoms with Crippen LogP contribution in [-0.4, -0.2) is 31.7 Å². The number of thioether (sulfide) groups is 1. The van der Waals surface area contributed by atoms with Crippen LogP contribution in [-0.2, 0) is 18.6 Å². The third kappa shape index (κ3) is 7.35. The number of thiazole rings is 1. The Morgan fingerprint density at radius 1 is 1.00 bits per heavy atom. The van der Waals surface area contributed by atoms with E-state index in [1.807, 2.05) is 77.5 Å². The van der Waals surface area contributed by atoms with Gasteiger partial charge in [-0.2, -0.15) is 0 Å². The zero-order chi connectivity index (χ0) is 27.0. The number of hydrogen-bond donors (Lipinski definition) is 1. The highest BCUT2D eigenvalue weighted by atomic mass is 35.5. The lowest BCUT2D eigenvalue weighted by atomic mass is 10.1. The van der Waals surface area contributed by atoms with Crippen LogP contribution in [0.15, 0.2) is 95.5 Å². The van der Waals surface area contributed by atoms with Crippen LogP contribution in [0.3, 0.4) is 0 Å². The molecule has 0 aliphatic rings. The SMILES string of the molecule is CC(CCc1ccccc1)NC(=O)c1csc(CSc2nnc(Cc3ccccc3)n2-c2cccc(Cl)c2)n1. The van der Waals surface area contributed by atoms with Crippen molar-refractivity contribution in [3.8, 4) is 5.69 Å². The molecule has 5 aromatic rings. The Morgan fingerprint density at radius 2 is 1.74 bits per heavy atom. The average Bonchev–Trinajstić information content (AvgIpc) is 3.59. The fraction of sp³-hybridized carbons (Fsp3) is 0.200. The molecule has 0 saturated carbocycles. The van der Waals surface area contributed by atoms with Crippen molar-refractivity contribution in [1.29, 1.82) is 0 Å². The monoisotopic (exact) mass is 573 g/mol. The molecule has 1 unspecified atom stereocenters. The van der Waals surface area contributed by atoms with Gasteiger partial charge in [0.1, 0.15) is 16.5 Å². The summed E-state index contributed by atoms with van der Waals surface area (Å²) in [6.45, 7) is 2.03. The van der Waals surface area contributed by atoms with E-state index in [0.29, 0.717) is 22.9 Å². The molecular weight excluding hydrogens is 546 g/mol. The molecule has 2 heterocycles. The van der Waals surface area contributed by atoms with E-state index in [9.17, 15) is 4.79 Å². The highest BCUT2D eigenvalue weighted by Gasteiger charge is 2.18. The first kappa shape index (κ1) is 27.1. The van der Waals surface area contributed by atoms with Crippen LogP contribution in [0.1, 0.15) is 45.8 Å². The number of rotatable bonds is 11. The molecule has 2 aromatic heterocycles. The molecule has 5 rings (SSSR count). The Kier molecular flexibility index (Phi) is 9.08. The minimum atomic E-state index is -0.143. The van der Waals surface area contributed by atoms with Crippen molar-refractivity contribution in [1.82, 2.24) is 25.1 Å². The second kappa shape index (κ2) is 13.1. The molecule has 6 nitrogen and oxygen atoms in total. The van der Waals surface area contributed by atoms with E-state index in [1.165, 1.54) is 28.7 Å². The predicted molar refractivity (Wildman–Crippen MR) is 159 cm³/mol. The van der Waals surface area contributed by atoms with Crippen LogP contribution in [0, 0.1) is 0 Å². The van der Waals surface area contributed by atoms with Crippen molar-refractivity contribution in [2.45, 2.75) is 43.1 Å². The molecule has 1 atom stereocenters. The fourth-order valence-corrected chi connectivity index (χ4v) is 6.11. The molecule has 1 amide bonds. The lowest BCUT2D eigenvalue weighted by Gasteiger charge is -2.13. The first-order valence-corrected chi connectivity index (χ1v) is 15.0. The van der Waals surface area contributed by atoms with Crippen molar-refractivity contribution in [3.05, 3.63) is 123 Å². The highest BCUT2D eigenvalue weighted by Crippen LogP contribution is 2.28. The van der Waals surface area contributed by atoms with E-state index in [2.05, 4.69) is 44.8 Å². The van der Waals surface area contributed by atoms with Gasteiger partial charge in [-0.15, -0.1) is 21.5 Å². The lowest BCUT2D eigenvalue weighted by molar-refractivity contribution is 0.0934. The van der Waals surface area contributed by atoms with Gasteiger partial charge in [-0.1, -0.05) is 90.1 Å². The summed E-state index contributed by atoms with van der Waals surface area (Å²) in [5, 5.41) is 16.1. The van der Waals surface area contributed by atoms with Crippen molar-refractivity contribution in [2.24, 2.45) is 0 Å². The van der Waals surface area contributed by atoms with E-state index in [1.54, 1.807) is 0 Å². The number of nitrogens with zero attached hydrogens (tertiary/aromatic N) is 4. The van der Waals surface area contributed by atoms with E-state index in [0.717, 1.165) is 40.1 Å². The summed E-state index contributed by atoms with van der Waals surface area (Å²) in [6, 6.07) is 28.2. The molecule has 3 aromatic carbocycles. The summed E-state index contributed by atoms with van der Waals surface area (Å²) < 4.78 is 2.04. The number of aryl methyl sites for hydroxylation is 1. The van der Waals surface area contributed by atoms with Crippen molar-refractivity contribution in [2.75, 3.05) is 0 Å². The molecule has 0 aliphatic carbocycles. The third-order valence-corrected chi connectivity index (χ3v) is 8.37. The predicted octanol–water partition coefficient (Wildman–Crippen LogP) is 7.01. The van der Waals surface area contributed by atoms with Crippen LogP contribution in [0.5, 0.6) is 0 Å². The maximum atomic E-state index is 12.8. The second-order valence-electron chi connectivity index (χ2n) is 9.19. The molecule has 39 heavy (non-hydrogen) atoms. The molecule has 0 bridgehead atoms. The van der Waals surface area contributed by atoms with Gasteiger partial charge in [-0.05, 0) is 49.1 Å². The highest BCUT2D eigenvalue weighted by molar-refractivity contribution is 7.98. The van der Waals surface area contributed by atoms with Crippen LogP contribution in [0.2, 0.25) is 5.02 Å². The number of carbonyl (C=O) groups excluding carboxylic acids is 1.